The van der Waals surface area contributed by atoms with Gasteiger partial charge in [0, 0.05) is 5.56 Å². The van der Waals surface area contributed by atoms with Crippen molar-refractivity contribution < 1.29 is 22.1 Å². The zero-order valence-electron chi connectivity index (χ0n) is 13.8. The average Bonchev–Trinajstić information content (AvgIpc) is 2.55. The van der Waals surface area contributed by atoms with Crippen LogP contribution in [-0.4, -0.2) is 26.5 Å². The highest BCUT2D eigenvalue weighted by atomic mass is 35.5. The van der Waals surface area contributed by atoms with Crippen LogP contribution in [0.4, 0.5) is 0 Å². The molecular formula is C19H25ClN2O. The number of quaternary nitrogens is 1. The fourth-order valence-electron chi connectivity index (χ4n) is 2.50. The number of rotatable bonds is 7. The van der Waals surface area contributed by atoms with Gasteiger partial charge in [-0.1, -0.05) is 48.5 Å². The molecule has 4 heteroatoms. The van der Waals surface area contributed by atoms with Crippen molar-refractivity contribution >= 4 is 5.91 Å². The molecule has 23 heavy (non-hydrogen) atoms. The molecule has 0 heterocycles. The molecule has 0 aliphatic rings. The Balaban J connectivity index is 0.00000264. The normalized spacial score (nSPS) is 11.6. The summed E-state index contributed by atoms with van der Waals surface area (Å²) in [6.45, 7) is 1.10. The summed E-state index contributed by atoms with van der Waals surface area (Å²) in [5.41, 5.74) is 1.88. The highest BCUT2D eigenvalue weighted by Gasteiger charge is 2.15. The van der Waals surface area contributed by atoms with E-state index < -0.39 is 0 Å². The van der Waals surface area contributed by atoms with Crippen LogP contribution < -0.4 is 22.6 Å². The van der Waals surface area contributed by atoms with Crippen molar-refractivity contribution in [3.8, 4) is 0 Å². The molecule has 0 spiro atoms. The number of amides is 1. The van der Waals surface area contributed by atoms with Gasteiger partial charge in [0.2, 0.25) is 0 Å². The zero-order chi connectivity index (χ0) is 15.8. The molecule has 0 fully saturated rings. The van der Waals surface area contributed by atoms with Crippen molar-refractivity contribution in [2.24, 2.45) is 0 Å². The third kappa shape index (κ3) is 6.43. The first-order valence-corrected chi connectivity index (χ1v) is 7.86. The highest BCUT2D eigenvalue weighted by molar-refractivity contribution is 5.94. The topological polar surface area (TPSA) is 33.5 Å². The van der Waals surface area contributed by atoms with Gasteiger partial charge >= 0.3 is 0 Å². The van der Waals surface area contributed by atoms with Crippen LogP contribution in [-0.2, 0) is 0 Å². The minimum Gasteiger partial charge on any atom is -1.00 e. The lowest BCUT2D eigenvalue weighted by molar-refractivity contribution is -0.858. The van der Waals surface area contributed by atoms with Crippen molar-refractivity contribution in [3.63, 3.8) is 0 Å². The fraction of sp³-hybridized carbons (Fsp3) is 0.316. The highest BCUT2D eigenvalue weighted by Crippen LogP contribution is 2.18. The van der Waals surface area contributed by atoms with Crippen molar-refractivity contribution in [2.75, 3.05) is 20.6 Å². The fourth-order valence-corrected chi connectivity index (χ4v) is 2.50. The molecule has 1 amide bonds. The second kappa shape index (κ2) is 10.0. The third-order valence-electron chi connectivity index (χ3n) is 3.71. The molecule has 2 aromatic rings. The maximum Gasteiger partial charge on any atom is 0.251 e. The van der Waals surface area contributed by atoms with Crippen LogP contribution in [0, 0.1) is 0 Å². The first-order chi connectivity index (χ1) is 10.7. The molecular weight excluding hydrogens is 308 g/mol. The molecule has 0 aromatic heterocycles. The molecule has 2 rings (SSSR count). The average molecular weight is 333 g/mol. The minimum absolute atomic E-state index is 0. The van der Waals surface area contributed by atoms with Gasteiger partial charge in [-0.05, 0) is 30.5 Å². The summed E-state index contributed by atoms with van der Waals surface area (Å²) in [5, 5.41) is 3.18. The Hall–Kier alpha value is -1.84. The Bertz CT molecular complexity index is 572. The standard InChI is InChI=1S/C19H24N2O.ClH/c1-21(2)15-9-14-18(16-10-5-3-6-11-16)20-19(22)17-12-7-4-8-13-17;/h3-8,10-13,18H,9,14-15H2,1-2H3,(H,20,22);1H. The smallest absolute Gasteiger partial charge is 0.251 e. The Morgan fingerprint density at radius 3 is 2.13 bits per heavy atom. The van der Waals surface area contributed by atoms with Crippen molar-refractivity contribution in [3.05, 3.63) is 71.8 Å². The second-order valence-corrected chi connectivity index (χ2v) is 5.90. The maximum atomic E-state index is 12.4. The molecule has 0 saturated carbocycles. The molecule has 0 aliphatic heterocycles. The summed E-state index contributed by atoms with van der Waals surface area (Å²) in [7, 11) is 4.31. The van der Waals surface area contributed by atoms with Gasteiger partial charge in [-0.3, -0.25) is 4.79 Å². The monoisotopic (exact) mass is 332 g/mol. The summed E-state index contributed by atoms with van der Waals surface area (Å²) in [4.78, 5) is 13.8. The number of carbonyl (C=O) groups excluding carboxylic acids is 1. The van der Waals surface area contributed by atoms with Gasteiger partial charge < -0.3 is 22.6 Å². The summed E-state index contributed by atoms with van der Waals surface area (Å²) >= 11 is 0. The third-order valence-corrected chi connectivity index (χ3v) is 3.71. The van der Waals surface area contributed by atoms with Crippen molar-refractivity contribution in [1.82, 2.24) is 5.32 Å². The summed E-state index contributed by atoms with van der Waals surface area (Å²) in [6, 6.07) is 19.7. The minimum atomic E-state index is -0.00773. The van der Waals surface area contributed by atoms with E-state index in [9.17, 15) is 4.79 Å². The lowest BCUT2D eigenvalue weighted by atomic mass is 10.0. The van der Waals surface area contributed by atoms with E-state index in [1.807, 2.05) is 48.5 Å². The number of hydrogen-bond donors (Lipinski definition) is 2. The number of carbonyl (C=O) groups is 1. The Morgan fingerprint density at radius 1 is 1.00 bits per heavy atom. The number of halogens is 1. The Labute approximate surface area is 145 Å². The van der Waals surface area contributed by atoms with E-state index in [0.717, 1.165) is 19.4 Å². The van der Waals surface area contributed by atoms with E-state index in [-0.39, 0.29) is 24.4 Å². The van der Waals surface area contributed by atoms with E-state index in [0.29, 0.717) is 5.56 Å². The number of hydrogen-bond acceptors (Lipinski definition) is 1. The van der Waals surface area contributed by atoms with E-state index in [4.69, 9.17) is 0 Å². The molecule has 124 valence electrons. The van der Waals surface area contributed by atoms with Crippen LogP contribution in [0.3, 0.4) is 0 Å². The molecule has 0 bridgehead atoms. The molecule has 0 saturated heterocycles. The molecule has 1 unspecified atom stereocenters. The van der Waals surface area contributed by atoms with Crippen LogP contribution in [0.5, 0.6) is 0 Å². The van der Waals surface area contributed by atoms with E-state index in [1.165, 1.54) is 10.5 Å². The van der Waals surface area contributed by atoms with Gasteiger partial charge in [-0.15, -0.1) is 0 Å². The molecule has 0 aliphatic carbocycles. The van der Waals surface area contributed by atoms with Gasteiger partial charge in [0.25, 0.3) is 5.91 Å². The van der Waals surface area contributed by atoms with Crippen LogP contribution in [0.1, 0.15) is 34.8 Å². The second-order valence-electron chi connectivity index (χ2n) is 5.90. The largest absolute Gasteiger partial charge is 1.00 e. The van der Waals surface area contributed by atoms with E-state index in [1.54, 1.807) is 0 Å². The molecule has 3 nitrogen and oxygen atoms in total. The Morgan fingerprint density at radius 2 is 1.57 bits per heavy atom. The predicted molar refractivity (Wildman–Crippen MR) is 90.0 cm³/mol. The van der Waals surface area contributed by atoms with Crippen LogP contribution in [0.25, 0.3) is 0 Å². The quantitative estimate of drug-likeness (QED) is 0.676. The van der Waals surface area contributed by atoms with Crippen molar-refractivity contribution in [1.29, 1.82) is 0 Å². The Kier molecular flexibility index (Phi) is 8.38. The van der Waals surface area contributed by atoms with Crippen LogP contribution in [0.15, 0.2) is 60.7 Å². The van der Waals surface area contributed by atoms with Gasteiger partial charge in [0.1, 0.15) is 0 Å². The predicted octanol–water partition coefficient (Wildman–Crippen LogP) is -0.914. The zero-order valence-corrected chi connectivity index (χ0v) is 14.5. The van der Waals surface area contributed by atoms with Gasteiger partial charge in [0.05, 0.1) is 26.7 Å². The van der Waals surface area contributed by atoms with Gasteiger partial charge in [0.15, 0.2) is 0 Å². The van der Waals surface area contributed by atoms with Crippen LogP contribution >= 0.6 is 0 Å². The lowest BCUT2D eigenvalue weighted by Crippen LogP contribution is -3.05. The first-order valence-electron chi connectivity index (χ1n) is 7.86. The van der Waals surface area contributed by atoms with Crippen molar-refractivity contribution in [2.45, 2.75) is 18.9 Å². The summed E-state index contributed by atoms with van der Waals surface area (Å²) < 4.78 is 0. The first kappa shape index (κ1) is 19.2. The molecule has 2 aromatic carbocycles. The van der Waals surface area contributed by atoms with Gasteiger partial charge in [-0.2, -0.15) is 0 Å². The van der Waals surface area contributed by atoms with E-state index in [2.05, 4.69) is 31.5 Å². The lowest BCUT2D eigenvalue weighted by Gasteiger charge is -2.20. The SMILES string of the molecule is C[NH+](C)CCCC(NC(=O)c1ccccc1)c1ccccc1.[Cl-]. The van der Waals surface area contributed by atoms with Crippen LogP contribution in [0.2, 0.25) is 0 Å². The number of benzene rings is 2. The number of nitrogens with one attached hydrogen (secondary N) is 2. The summed E-state index contributed by atoms with van der Waals surface area (Å²) in [6.07, 6.45) is 2.03. The summed E-state index contributed by atoms with van der Waals surface area (Å²) in [5.74, 6) is -0.00773. The van der Waals surface area contributed by atoms with Gasteiger partial charge in [-0.25, -0.2) is 0 Å². The maximum absolute atomic E-state index is 12.4. The molecule has 2 N–H and O–H groups in total. The molecule has 0 radical (unpaired) electrons. The molecule has 1 atom stereocenters. The van der Waals surface area contributed by atoms with E-state index >= 15 is 0 Å².